The van der Waals surface area contributed by atoms with Gasteiger partial charge >= 0.3 is 0 Å². The molecule has 1 amide bonds. The van der Waals surface area contributed by atoms with E-state index in [1.807, 2.05) is 72.9 Å². The van der Waals surface area contributed by atoms with Crippen LogP contribution >= 0.6 is 0 Å². The maximum Gasteiger partial charge on any atom is 0.244 e. The van der Waals surface area contributed by atoms with Gasteiger partial charge in [0.25, 0.3) is 0 Å². The highest BCUT2D eigenvalue weighted by atomic mass is 16.5. The van der Waals surface area contributed by atoms with Crippen molar-refractivity contribution in [3.8, 4) is 11.5 Å². The van der Waals surface area contributed by atoms with Crippen LogP contribution in [0.1, 0.15) is 43.4 Å². The van der Waals surface area contributed by atoms with Gasteiger partial charge in [-0.3, -0.25) is 9.78 Å². The van der Waals surface area contributed by atoms with E-state index in [0.29, 0.717) is 5.92 Å². The van der Waals surface area contributed by atoms with Gasteiger partial charge in [-0.2, -0.15) is 0 Å². The lowest BCUT2D eigenvalue weighted by Crippen LogP contribution is -2.37. The van der Waals surface area contributed by atoms with Gasteiger partial charge in [0.15, 0.2) is 0 Å². The number of aromatic nitrogens is 1. The summed E-state index contributed by atoms with van der Waals surface area (Å²) in [6, 6.07) is 20.0. The van der Waals surface area contributed by atoms with E-state index >= 15 is 0 Å². The Bertz CT molecular complexity index is 1090. The number of nitrogens with one attached hydrogen (secondary N) is 1. The molecule has 0 fully saturated rings. The summed E-state index contributed by atoms with van der Waals surface area (Å²) in [5, 5.41) is 3.18. The van der Waals surface area contributed by atoms with Crippen molar-refractivity contribution in [3.05, 3.63) is 108 Å². The molecule has 188 valence electrons. The molecule has 1 aromatic heterocycles. The van der Waals surface area contributed by atoms with Crippen molar-refractivity contribution in [2.75, 3.05) is 14.2 Å². The maximum absolute atomic E-state index is 12.7. The van der Waals surface area contributed by atoms with Crippen molar-refractivity contribution in [2.24, 2.45) is 5.92 Å². The lowest BCUT2D eigenvalue weighted by molar-refractivity contribution is -0.117. The maximum atomic E-state index is 12.7. The van der Waals surface area contributed by atoms with Crippen LogP contribution in [-0.4, -0.2) is 31.2 Å². The van der Waals surface area contributed by atoms with E-state index in [-0.39, 0.29) is 11.9 Å². The number of pyridine rings is 1. The molecule has 0 spiro atoms. The second kappa shape index (κ2) is 13.9. The van der Waals surface area contributed by atoms with Gasteiger partial charge in [-0.25, -0.2) is 0 Å². The topological polar surface area (TPSA) is 60.5 Å². The molecule has 3 aromatic rings. The number of amides is 1. The number of methoxy groups -OCH3 is 2. The van der Waals surface area contributed by atoms with Crippen LogP contribution in [-0.2, 0) is 11.2 Å². The fourth-order valence-corrected chi connectivity index (χ4v) is 4.01. The van der Waals surface area contributed by atoms with Crippen LogP contribution in [0.3, 0.4) is 0 Å². The summed E-state index contributed by atoms with van der Waals surface area (Å²) < 4.78 is 10.6. The second-order valence-electron chi connectivity index (χ2n) is 9.01. The van der Waals surface area contributed by atoms with Gasteiger partial charge in [0.05, 0.1) is 14.2 Å². The largest absolute Gasteiger partial charge is 0.497 e. The number of ether oxygens (including phenoxy) is 2. The number of benzene rings is 2. The number of allylic oxidation sites excluding steroid dienone is 2. The first-order valence-electron chi connectivity index (χ1n) is 12.4. The molecule has 0 aliphatic heterocycles. The molecular weight excluding hydrogens is 448 g/mol. The van der Waals surface area contributed by atoms with E-state index in [4.69, 9.17) is 9.47 Å². The zero-order valence-corrected chi connectivity index (χ0v) is 21.6. The highest BCUT2D eigenvalue weighted by Crippen LogP contribution is 2.27. The van der Waals surface area contributed by atoms with Crippen LogP contribution in [0.15, 0.2) is 91.3 Å². The Morgan fingerprint density at radius 2 is 1.56 bits per heavy atom. The SMILES string of the molecule is COc1ccc(C(=C/C=C/C(=O)N[C@H](CCCc2cccnc2)C(C)C)c2ccc(OC)cc2)cc1. The molecule has 5 nitrogen and oxygen atoms in total. The number of carbonyl (C=O) groups excluding carboxylic acids is 1. The molecule has 0 saturated heterocycles. The molecule has 3 rings (SSSR count). The van der Waals surface area contributed by atoms with E-state index < -0.39 is 0 Å². The Labute approximate surface area is 214 Å². The van der Waals surface area contributed by atoms with Gasteiger partial charge in [-0.15, -0.1) is 0 Å². The van der Waals surface area contributed by atoms with E-state index in [0.717, 1.165) is 47.5 Å². The monoisotopic (exact) mass is 484 g/mol. The van der Waals surface area contributed by atoms with Crippen LogP contribution in [0.2, 0.25) is 0 Å². The summed E-state index contributed by atoms with van der Waals surface area (Å²) in [4.78, 5) is 16.9. The predicted molar refractivity (Wildman–Crippen MR) is 146 cm³/mol. The first-order chi connectivity index (χ1) is 17.5. The van der Waals surface area contributed by atoms with Crippen molar-refractivity contribution in [3.63, 3.8) is 0 Å². The molecule has 5 heteroatoms. The van der Waals surface area contributed by atoms with Crippen LogP contribution in [0, 0.1) is 5.92 Å². The van der Waals surface area contributed by atoms with Gasteiger partial charge in [-0.1, -0.05) is 56.3 Å². The number of nitrogens with zero attached hydrogens (tertiary/aromatic N) is 1. The second-order valence-corrected chi connectivity index (χ2v) is 9.01. The first kappa shape index (κ1) is 26.7. The lowest BCUT2D eigenvalue weighted by Gasteiger charge is -2.21. The highest BCUT2D eigenvalue weighted by molar-refractivity contribution is 5.89. The quantitative estimate of drug-likeness (QED) is 0.244. The zero-order valence-electron chi connectivity index (χ0n) is 21.6. The highest BCUT2D eigenvalue weighted by Gasteiger charge is 2.14. The number of carbonyl (C=O) groups is 1. The van der Waals surface area contributed by atoms with E-state index in [1.165, 1.54) is 5.56 Å². The third-order valence-electron chi connectivity index (χ3n) is 6.15. The molecule has 0 aliphatic carbocycles. The average Bonchev–Trinajstić information content (AvgIpc) is 2.91. The Balaban J connectivity index is 1.69. The summed E-state index contributed by atoms with van der Waals surface area (Å²) in [5.41, 5.74) is 4.28. The molecule has 0 radical (unpaired) electrons. The van der Waals surface area contributed by atoms with Gasteiger partial charge in [0.2, 0.25) is 5.91 Å². The molecule has 0 aliphatic rings. The zero-order chi connectivity index (χ0) is 25.8. The van der Waals surface area contributed by atoms with Crippen LogP contribution in [0.5, 0.6) is 11.5 Å². The normalized spacial score (nSPS) is 11.8. The van der Waals surface area contributed by atoms with Crippen molar-refractivity contribution >= 4 is 11.5 Å². The van der Waals surface area contributed by atoms with E-state index in [1.54, 1.807) is 26.5 Å². The number of aryl methyl sites for hydroxylation is 1. The molecule has 0 bridgehead atoms. The predicted octanol–water partition coefficient (Wildman–Crippen LogP) is 6.25. The summed E-state index contributed by atoms with van der Waals surface area (Å²) in [6.07, 6.45) is 11.9. The standard InChI is InChI=1S/C31H36N2O3/c1-23(2)30(11-5-8-24-9-7-21-32-22-24)33-31(34)12-6-10-29(25-13-17-27(35-3)18-14-25)26-15-19-28(36-4)20-16-26/h6-7,9-10,12-23,30H,5,8,11H2,1-4H3,(H,33,34)/b12-6+/t30-/m1/s1. The molecule has 1 heterocycles. The summed E-state index contributed by atoms with van der Waals surface area (Å²) in [6.45, 7) is 4.29. The Kier molecular flexibility index (Phi) is 10.3. The van der Waals surface area contributed by atoms with Crippen molar-refractivity contribution < 1.29 is 14.3 Å². The van der Waals surface area contributed by atoms with Crippen molar-refractivity contribution in [1.82, 2.24) is 10.3 Å². The van der Waals surface area contributed by atoms with Crippen molar-refractivity contribution in [1.29, 1.82) is 0 Å². The van der Waals surface area contributed by atoms with Gasteiger partial charge in [0.1, 0.15) is 11.5 Å². The summed E-state index contributed by atoms with van der Waals surface area (Å²) in [7, 11) is 3.31. The molecule has 0 unspecified atom stereocenters. The van der Waals surface area contributed by atoms with E-state index in [9.17, 15) is 4.79 Å². The minimum Gasteiger partial charge on any atom is -0.497 e. The molecule has 36 heavy (non-hydrogen) atoms. The Morgan fingerprint density at radius 1 is 0.944 bits per heavy atom. The van der Waals surface area contributed by atoms with Crippen LogP contribution in [0.25, 0.3) is 5.57 Å². The third kappa shape index (κ3) is 8.12. The summed E-state index contributed by atoms with van der Waals surface area (Å²) >= 11 is 0. The molecule has 0 saturated carbocycles. The minimum atomic E-state index is -0.0878. The third-order valence-corrected chi connectivity index (χ3v) is 6.15. The van der Waals surface area contributed by atoms with Gasteiger partial charge in [-0.05, 0) is 77.8 Å². The smallest absolute Gasteiger partial charge is 0.244 e. The first-order valence-corrected chi connectivity index (χ1v) is 12.4. The van der Waals surface area contributed by atoms with E-state index in [2.05, 4.69) is 30.2 Å². The van der Waals surface area contributed by atoms with Crippen LogP contribution < -0.4 is 14.8 Å². The molecular formula is C31H36N2O3. The fourth-order valence-electron chi connectivity index (χ4n) is 4.01. The Hall–Kier alpha value is -3.86. The average molecular weight is 485 g/mol. The van der Waals surface area contributed by atoms with Crippen molar-refractivity contribution in [2.45, 2.75) is 39.2 Å². The minimum absolute atomic E-state index is 0.0878. The molecule has 2 aromatic carbocycles. The number of hydrogen-bond donors (Lipinski definition) is 1. The lowest BCUT2D eigenvalue weighted by atomic mass is 9.96. The fraction of sp³-hybridized carbons (Fsp3) is 0.290. The van der Waals surface area contributed by atoms with Gasteiger partial charge in [0, 0.05) is 24.5 Å². The Morgan fingerprint density at radius 3 is 2.06 bits per heavy atom. The summed E-state index contributed by atoms with van der Waals surface area (Å²) in [5.74, 6) is 1.85. The molecule has 1 atom stereocenters. The number of hydrogen-bond acceptors (Lipinski definition) is 4. The van der Waals surface area contributed by atoms with Crippen LogP contribution in [0.4, 0.5) is 0 Å². The van der Waals surface area contributed by atoms with Gasteiger partial charge < -0.3 is 14.8 Å². The number of rotatable bonds is 12. The molecule has 1 N–H and O–H groups in total.